The molecule has 3 rings (SSSR count). The summed E-state index contributed by atoms with van der Waals surface area (Å²) >= 11 is 0. The molecule has 7 nitrogen and oxygen atoms in total. The highest BCUT2D eigenvalue weighted by Gasteiger charge is 2.50. The fraction of sp³-hybridized carbons (Fsp3) is 0.478. The Hall–Kier alpha value is -2.96. The van der Waals surface area contributed by atoms with Gasteiger partial charge in [-0.05, 0) is 58.6 Å². The average Bonchev–Trinajstić information content (AvgIpc) is 2.94. The fourth-order valence-electron chi connectivity index (χ4n) is 4.24. The van der Waals surface area contributed by atoms with E-state index in [1.54, 1.807) is 0 Å². The first-order valence-electron chi connectivity index (χ1n) is 10.2. The van der Waals surface area contributed by atoms with Gasteiger partial charge < -0.3 is 10.1 Å². The quantitative estimate of drug-likeness (QED) is 0.456. The minimum absolute atomic E-state index is 0.346. The standard InChI is InChI=1S/C23H28N2O5/c1-12-10-13(2)19(14(3)11-12)24-20(26)16(5)30-23(29)15(4)25-21(27)17-8-6-7-9-18(17)22(25)28/h6-7,10-11,15-18H,8-9H2,1-5H3,(H,24,26). The molecule has 1 aromatic carbocycles. The van der Waals surface area contributed by atoms with Crippen molar-refractivity contribution in [2.75, 3.05) is 5.32 Å². The first-order chi connectivity index (χ1) is 14.1. The molecule has 7 heteroatoms. The number of anilines is 1. The van der Waals surface area contributed by atoms with Crippen molar-refractivity contribution in [2.45, 2.75) is 59.6 Å². The van der Waals surface area contributed by atoms with E-state index in [0.29, 0.717) is 18.5 Å². The van der Waals surface area contributed by atoms with Gasteiger partial charge in [0, 0.05) is 5.69 Å². The van der Waals surface area contributed by atoms with Gasteiger partial charge in [-0.15, -0.1) is 0 Å². The van der Waals surface area contributed by atoms with Crippen LogP contribution in [0.1, 0.15) is 43.4 Å². The summed E-state index contributed by atoms with van der Waals surface area (Å²) in [6.45, 7) is 8.70. The number of esters is 1. The molecule has 0 radical (unpaired) electrons. The van der Waals surface area contributed by atoms with Gasteiger partial charge in [-0.1, -0.05) is 29.8 Å². The largest absolute Gasteiger partial charge is 0.451 e. The first-order valence-corrected chi connectivity index (χ1v) is 10.2. The van der Waals surface area contributed by atoms with Crippen molar-refractivity contribution in [1.29, 1.82) is 0 Å². The molecule has 1 heterocycles. The van der Waals surface area contributed by atoms with Crippen molar-refractivity contribution in [3.05, 3.63) is 41.0 Å². The van der Waals surface area contributed by atoms with Crippen molar-refractivity contribution in [3.63, 3.8) is 0 Å². The summed E-state index contributed by atoms with van der Waals surface area (Å²) in [6, 6.07) is 2.84. The Morgan fingerprint density at radius 1 is 1.00 bits per heavy atom. The van der Waals surface area contributed by atoms with Crippen LogP contribution in [0.15, 0.2) is 24.3 Å². The van der Waals surface area contributed by atoms with Gasteiger partial charge in [0.15, 0.2) is 6.10 Å². The maximum Gasteiger partial charge on any atom is 0.329 e. The molecule has 1 aliphatic carbocycles. The maximum absolute atomic E-state index is 12.6. The number of allylic oxidation sites excluding steroid dienone is 2. The topological polar surface area (TPSA) is 92.8 Å². The number of amides is 3. The van der Waals surface area contributed by atoms with E-state index in [9.17, 15) is 19.2 Å². The molecule has 30 heavy (non-hydrogen) atoms. The molecule has 3 amide bonds. The molecule has 1 N–H and O–H groups in total. The Morgan fingerprint density at radius 2 is 1.50 bits per heavy atom. The van der Waals surface area contributed by atoms with Gasteiger partial charge in [0.05, 0.1) is 11.8 Å². The third-order valence-electron chi connectivity index (χ3n) is 5.86. The third-order valence-corrected chi connectivity index (χ3v) is 5.86. The van der Waals surface area contributed by atoms with Crippen molar-refractivity contribution in [2.24, 2.45) is 11.8 Å². The predicted molar refractivity (Wildman–Crippen MR) is 112 cm³/mol. The lowest BCUT2D eigenvalue weighted by atomic mass is 9.85. The Labute approximate surface area is 176 Å². The molecule has 4 unspecified atom stereocenters. The van der Waals surface area contributed by atoms with E-state index in [1.165, 1.54) is 13.8 Å². The Balaban J connectivity index is 1.64. The van der Waals surface area contributed by atoms with Crippen LogP contribution in [0, 0.1) is 32.6 Å². The number of aryl methyl sites for hydroxylation is 3. The van der Waals surface area contributed by atoms with Crippen LogP contribution in [0.25, 0.3) is 0 Å². The van der Waals surface area contributed by atoms with Crippen molar-refractivity contribution >= 4 is 29.4 Å². The monoisotopic (exact) mass is 412 g/mol. The van der Waals surface area contributed by atoms with Crippen molar-refractivity contribution in [3.8, 4) is 0 Å². The van der Waals surface area contributed by atoms with Crippen LogP contribution in [0.3, 0.4) is 0 Å². The lowest BCUT2D eigenvalue weighted by Gasteiger charge is -2.23. The molecule has 1 fully saturated rings. The number of likely N-dealkylation sites (tertiary alicyclic amines) is 1. The molecule has 1 aromatic rings. The van der Waals surface area contributed by atoms with Crippen LogP contribution in [0.5, 0.6) is 0 Å². The lowest BCUT2D eigenvalue weighted by molar-refractivity contribution is -0.163. The summed E-state index contributed by atoms with van der Waals surface area (Å²) in [6.07, 6.45) is 3.71. The van der Waals surface area contributed by atoms with Crippen molar-refractivity contribution < 1.29 is 23.9 Å². The number of fused-ring (bicyclic) bond motifs is 1. The number of hydrogen-bond acceptors (Lipinski definition) is 5. The molecule has 1 aliphatic heterocycles. The number of rotatable bonds is 5. The van der Waals surface area contributed by atoms with Crippen molar-refractivity contribution in [1.82, 2.24) is 4.90 Å². The van der Waals surface area contributed by atoms with E-state index >= 15 is 0 Å². The number of carbonyl (C=O) groups is 4. The lowest BCUT2D eigenvalue weighted by Crippen LogP contribution is -2.46. The number of hydrogen-bond donors (Lipinski definition) is 1. The molecular weight excluding hydrogens is 384 g/mol. The summed E-state index contributed by atoms with van der Waals surface area (Å²) in [5.41, 5.74) is 3.60. The fourth-order valence-corrected chi connectivity index (χ4v) is 4.24. The second-order valence-corrected chi connectivity index (χ2v) is 8.22. The van der Waals surface area contributed by atoms with Crippen LogP contribution in [-0.4, -0.2) is 40.7 Å². The molecule has 0 bridgehead atoms. The van der Waals surface area contributed by atoms with E-state index in [2.05, 4.69) is 5.32 Å². The van der Waals surface area contributed by atoms with E-state index in [4.69, 9.17) is 4.74 Å². The number of imide groups is 1. The summed E-state index contributed by atoms with van der Waals surface area (Å²) in [5.74, 6) is -2.76. The van der Waals surface area contributed by atoms with Crippen LogP contribution in [0.2, 0.25) is 0 Å². The Kier molecular flexibility index (Phi) is 6.10. The summed E-state index contributed by atoms with van der Waals surface area (Å²) < 4.78 is 5.30. The maximum atomic E-state index is 12.6. The predicted octanol–water partition coefficient (Wildman–Crippen LogP) is 2.82. The van der Waals surface area contributed by atoms with Gasteiger partial charge in [-0.2, -0.15) is 0 Å². The summed E-state index contributed by atoms with van der Waals surface area (Å²) in [5, 5.41) is 2.81. The van der Waals surface area contributed by atoms with E-state index in [-0.39, 0.29) is 11.8 Å². The molecule has 160 valence electrons. The zero-order valence-corrected chi connectivity index (χ0v) is 18.0. The summed E-state index contributed by atoms with van der Waals surface area (Å²) in [4.78, 5) is 51.5. The number of nitrogens with zero attached hydrogens (tertiary/aromatic N) is 1. The number of nitrogens with one attached hydrogen (secondary N) is 1. The van der Waals surface area contributed by atoms with Gasteiger partial charge in [-0.25, -0.2) is 4.79 Å². The normalized spacial score (nSPS) is 22.5. The molecule has 0 aromatic heterocycles. The highest BCUT2D eigenvalue weighted by atomic mass is 16.5. The van der Waals surface area contributed by atoms with E-state index < -0.39 is 35.9 Å². The van der Waals surface area contributed by atoms with Gasteiger partial charge in [0.1, 0.15) is 6.04 Å². The van der Waals surface area contributed by atoms with Crippen LogP contribution < -0.4 is 5.32 Å². The Morgan fingerprint density at radius 3 is 2.00 bits per heavy atom. The third kappa shape index (κ3) is 4.01. The van der Waals surface area contributed by atoms with Gasteiger partial charge in [0.2, 0.25) is 11.8 Å². The minimum Gasteiger partial charge on any atom is -0.451 e. The van der Waals surface area contributed by atoms with E-state index in [1.807, 2.05) is 45.1 Å². The van der Waals surface area contributed by atoms with E-state index in [0.717, 1.165) is 21.6 Å². The number of ether oxygens (including phenoxy) is 1. The minimum atomic E-state index is -1.08. The molecule has 0 spiro atoms. The van der Waals surface area contributed by atoms with Crippen LogP contribution in [-0.2, 0) is 23.9 Å². The average molecular weight is 412 g/mol. The molecule has 4 atom stereocenters. The molecular formula is C23H28N2O5. The smallest absolute Gasteiger partial charge is 0.329 e. The number of benzene rings is 1. The zero-order chi connectivity index (χ0) is 22.2. The second kappa shape index (κ2) is 8.42. The van der Waals surface area contributed by atoms with Crippen LogP contribution >= 0.6 is 0 Å². The second-order valence-electron chi connectivity index (χ2n) is 8.22. The molecule has 0 saturated carbocycles. The van der Waals surface area contributed by atoms with Gasteiger partial charge in [0.25, 0.3) is 5.91 Å². The molecule has 2 aliphatic rings. The zero-order valence-electron chi connectivity index (χ0n) is 18.0. The summed E-state index contributed by atoms with van der Waals surface area (Å²) in [7, 11) is 0. The molecule has 1 saturated heterocycles. The SMILES string of the molecule is Cc1cc(C)c(NC(=O)C(C)OC(=O)C(C)N2C(=O)C3CC=CCC3C2=O)c(C)c1. The van der Waals surface area contributed by atoms with Gasteiger partial charge >= 0.3 is 5.97 Å². The highest BCUT2D eigenvalue weighted by Crippen LogP contribution is 2.36. The number of carbonyl (C=O) groups excluding carboxylic acids is 4. The Bertz CT molecular complexity index is 887. The highest BCUT2D eigenvalue weighted by molar-refractivity contribution is 6.08. The van der Waals surface area contributed by atoms with Gasteiger partial charge in [-0.3, -0.25) is 19.3 Å². The first kappa shape index (κ1) is 21.7. The van der Waals surface area contributed by atoms with Crippen LogP contribution in [0.4, 0.5) is 5.69 Å².